The van der Waals surface area contributed by atoms with Gasteiger partial charge < -0.3 is 14.6 Å². The molecule has 24 heavy (non-hydrogen) atoms. The second-order valence-electron chi connectivity index (χ2n) is 7.12. The van der Waals surface area contributed by atoms with Gasteiger partial charge in [0, 0.05) is 35.1 Å². The number of hydrogen-bond acceptors (Lipinski definition) is 4. The number of H-pyrrole nitrogens is 2. The molecule has 0 aliphatic carbocycles. The molecular weight excluding hydrogens is 302 g/mol. The Balaban J connectivity index is 1.61. The molecule has 0 unspecified atom stereocenters. The summed E-state index contributed by atoms with van der Waals surface area (Å²) in [6.07, 6.45) is 9.80. The summed E-state index contributed by atoms with van der Waals surface area (Å²) in [6.45, 7) is 5.33. The van der Waals surface area contributed by atoms with Crippen molar-refractivity contribution in [2.45, 2.75) is 19.8 Å². The zero-order valence-electron chi connectivity index (χ0n) is 14.2. The molecule has 6 nitrogen and oxygen atoms in total. The van der Waals surface area contributed by atoms with Crippen molar-refractivity contribution in [1.82, 2.24) is 25.1 Å². The summed E-state index contributed by atoms with van der Waals surface area (Å²) in [5.41, 5.74) is 3.17. The minimum Gasteiger partial charge on any atom is -0.492 e. The smallest absolute Gasteiger partial charge is 0.141 e. The molecule has 4 rings (SSSR count). The molecular formula is C18H23N5O. The summed E-state index contributed by atoms with van der Waals surface area (Å²) in [5.74, 6) is 0.887. The monoisotopic (exact) mass is 325 g/mol. The highest BCUT2D eigenvalue weighted by Gasteiger charge is 2.30. The van der Waals surface area contributed by atoms with E-state index < -0.39 is 0 Å². The molecule has 6 heteroatoms. The first kappa shape index (κ1) is 15.2. The maximum atomic E-state index is 6.28. The van der Waals surface area contributed by atoms with Crippen molar-refractivity contribution >= 4 is 11.0 Å². The van der Waals surface area contributed by atoms with Crippen LogP contribution in [-0.2, 0) is 0 Å². The number of rotatable bonds is 4. The van der Waals surface area contributed by atoms with Gasteiger partial charge in [0.1, 0.15) is 11.4 Å². The van der Waals surface area contributed by atoms with E-state index in [1.54, 1.807) is 6.20 Å². The minimum absolute atomic E-state index is 0.230. The fraction of sp³-hybridized carbons (Fsp3) is 0.444. The second-order valence-corrected chi connectivity index (χ2v) is 7.12. The normalized spacial score (nSPS) is 18.1. The predicted molar refractivity (Wildman–Crippen MR) is 94.0 cm³/mol. The van der Waals surface area contributed by atoms with Crippen LogP contribution in [0.5, 0.6) is 5.75 Å². The number of piperidine rings is 1. The third kappa shape index (κ3) is 2.78. The van der Waals surface area contributed by atoms with Crippen LogP contribution in [0, 0.1) is 5.41 Å². The molecule has 3 aromatic heterocycles. The van der Waals surface area contributed by atoms with Crippen molar-refractivity contribution in [3.8, 4) is 16.9 Å². The van der Waals surface area contributed by atoms with Crippen LogP contribution in [0.25, 0.3) is 22.2 Å². The van der Waals surface area contributed by atoms with Gasteiger partial charge in [0.15, 0.2) is 0 Å². The minimum atomic E-state index is 0.230. The van der Waals surface area contributed by atoms with E-state index in [2.05, 4.69) is 39.0 Å². The molecule has 0 atom stereocenters. The molecule has 1 saturated heterocycles. The van der Waals surface area contributed by atoms with Gasteiger partial charge in [0.05, 0.1) is 18.2 Å². The topological polar surface area (TPSA) is 69.8 Å². The van der Waals surface area contributed by atoms with E-state index in [-0.39, 0.29) is 5.41 Å². The summed E-state index contributed by atoms with van der Waals surface area (Å²) < 4.78 is 6.28. The first-order chi connectivity index (χ1) is 11.6. The van der Waals surface area contributed by atoms with E-state index in [9.17, 15) is 0 Å². The van der Waals surface area contributed by atoms with Gasteiger partial charge in [-0.05, 0) is 39.0 Å². The van der Waals surface area contributed by atoms with Crippen molar-refractivity contribution in [3.05, 3.63) is 30.9 Å². The zero-order valence-corrected chi connectivity index (χ0v) is 14.2. The second kappa shape index (κ2) is 5.94. The summed E-state index contributed by atoms with van der Waals surface area (Å²) in [6, 6.07) is 1.96. The molecule has 126 valence electrons. The molecule has 0 saturated carbocycles. The number of nitrogens with zero attached hydrogens (tertiary/aromatic N) is 3. The molecule has 0 aromatic carbocycles. The fourth-order valence-corrected chi connectivity index (χ4v) is 3.33. The number of ether oxygens (including phenoxy) is 1. The van der Waals surface area contributed by atoms with Gasteiger partial charge in [-0.1, -0.05) is 6.92 Å². The van der Waals surface area contributed by atoms with E-state index in [1.165, 1.54) is 12.8 Å². The summed E-state index contributed by atoms with van der Waals surface area (Å²) in [4.78, 5) is 10.0. The number of nitrogens with one attached hydrogen (secondary N) is 2. The van der Waals surface area contributed by atoms with Crippen LogP contribution in [0.15, 0.2) is 30.9 Å². The number of likely N-dealkylation sites (tertiary alicyclic amines) is 1. The number of hydrogen-bond donors (Lipinski definition) is 2. The van der Waals surface area contributed by atoms with Crippen LogP contribution < -0.4 is 4.74 Å². The lowest BCUT2D eigenvalue weighted by molar-refractivity contribution is 0.0811. The van der Waals surface area contributed by atoms with Crippen molar-refractivity contribution in [3.63, 3.8) is 0 Å². The molecule has 0 radical (unpaired) electrons. The molecule has 1 aliphatic heterocycles. The van der Waals surface area contributed by atoms with Crippen LogP contribution in [0.1, 0.15) is 19.8 Å². The predicted octanol–water partition coefficient (Wildman–Crippen LogP) is 3.06. The van der Waals surface area contributed by atoms with Gasteiger partial charge in [-0.25, -0.2) is 4.98 Å². The van der Waals surface area contributed by atoms with Crippen molar-refractivity contribution < 1.29 is 4.74 Å². The van der Waals surface area contributed by atoms with Gasteiger partial charge in [0.2, 0.25) is 0 Å². The van der Waals surface area contributed by atoms with E-state index in [1.807, 2.05) is 24.7 Å². The Morgan fingerprint density at radius 1 is 1.29 bits per heavy atom. The lowest BCUT2D eigenvalue weighted by Crippen LogP contribution is -2.39. The van der Waals surface area contributed by atoms with Crippen molar-refractivity contribution in [2.75, 3.05) is 26.7 Å². The highest BCUT2D eigenvalue weighted by molar-refractivity contribution is 5.97. The van der Waals surface area contributed by atoms with Crippen LogP contribution in [-0.4, -0.2) is 51.8 Å². The van der Waals surface area contributed by atoms with Gasteiger partial charge >= 0.3 is 0 Å². The van der Waals surface area contributed by atoms with Crippen molar-refractivity contribution in [2.24, 2.45) is 5.41 Å². The SMILES string of the molecule is CN1CCC(C)(COc2ccnc3[nH]cc(-c4cn[nH]c4)c23)CC1. The molecule has 1 aliphatic rings. The summed E-state index contributed by atoms with van der Waals surface area (Å²) >= 11 is 0. The molecule has 0 amide bonds. The average Bonchev–Trinajstić information content (AvgIpc) is 3.25. The van der Waals surface area contributed by atoms with Gasteiger partial charge in [-0.3, -0.25) is 5.10 Å². The Labute approximate surface area is 141 Å². The van der Waals surface area contributed by atoms with Crippen molar-refractivity contribution in [1.29, 1.82) is 0 Å². The van der Waals surface area contributed by atoms with E-state index in [0.717, 1.165) is 47.6 Å². The lowest BCUT2D eigenvalue weighted by Gasteiger charge is -2.37. The van der Waals surface area contributed by atoms with E-state index in [0.29, 0.717) is 0 Å². The Bertz CT molecular complexity index is 815. The van der Waals surface area contributed by atoms with Crippen LogP contribution >= 0.6 is 0 Å². The Morgan fingerprint density at radius 3 is 2.88 bits per heavy atom. The molecule has 2 N–H and O–H groups in total. The number of aromatic amines is 2. The first-order valence-corrected chi connectivity index (χ1v) is 8.41. The van der Waals surface area contributed by atoms with Gasteiger partial charge in [-0.2, -0.15) is 5.10 Å². The molecule has 3 aromatic rings. The quantitative estimate of drug-likeness (QED) is 0.773. The highest BCUT2D eigenvalue weighted by Crippen LogP contribution is 2.36. The Morgan fingerprint density at radius 2 is 2.12 bits per heavy atom. The maximum absolute atomic E-state index is 6.28. The van der Waals surface area contributed by atoms with E-state index in [4.69, 9.17) is 4.74 Å². The number of pyridine rings is 1. The third-order valence-corrected chi connectivity index (χ3v) is 5.11. The Hall–Kier alpha value is -2.34. The zero-order chi connectivity index (χ0) is 16.6. The number of aromatic nitrogens is 4. The van der Waals surface area contributed by atoms with Crippen LogP contribution in [0.3, 0.4) is 0 Å². The fourth-order valence-electron chi connectivity index (χ4n) is 3.33. The van der Waals surface area contributed by atoms with Crippen LogP contribution in [0.2, 0.25) is 0 Å². The lowest BCUT2D eigenvalue weighted by atomic mass is 9.81. The molecule has 0 spiro atoms. The molecule has 0 bridgehead atoms. The van der Waals surface area contributed by atoms with Gasteiger partial charge in [0.25, 0.3) is 0 Å². The van der Waals surface area contributed by atoms with E-state index >= 15 is 0 Å². The maximum Gasteiger partial charge on any atom is 0.141 e. The summed E-state index contributed by atoms with van der Waals surface area (Å²) in [7, 11) is 2.18. The average molecular weight is 325 g/mol. The Kier molecular flexibility index (Phi) is 3.76. The van der Waals surface area contributed by atoms with Crippen LogP contribution in [0.4, 0.5) is 0 Å². The highest BCUT2D eigenvalue weighted by atomic mass is 16.5. The molecule has 4 heterocycles. The van der Waals surface area contributed by atoms with Gasteiger partial charge in [-0.15, -0.1) is 0 Å². The summed E-state index contributed by atoms with van der Waals surface area (Å²) in [5, 5.41) is 7.94. The first-order valence-electron chi connectivity index (χ1n) is 8.41. The standard InChI is InChI=1S/C18H23N5O/c1-18(4-7-23(2)8-5-18)12-24-15-3-6-19-17-16(15)14(11-20-17)13-9-21-22-10-13/h3,6,9-11H,4-5,7-8,12H2,1-2H3,(H,19,20)(H,21,22). The third-order valence-electron chi connectivity index (χ3n) is 5.11. The number of fused-ring (bicyclic) bond motifs is 1. The largest absolute Gasteiger partial charge is 0.492 e. The molecule has 1 fully saturated rings.